The van der Waals surface area contributed by atoms with E-state index in [1.165, 1.54) is 4.90 Å². The topological polar surface area (TPSA) is 106 Å². The monoisotopic (exact) mass is 572 g/mol. The SMILES string of the molecule is COc1ccc(N2CC=C[C@]34O[C@@H]5/C=C\CCCCOC(=O)[C@@H]5[C@H]3C(=O)N([C@@H](CO)Cc3ccccc3)C4C2=O)cc1. The van der Waals surface area contributed by atoms with E-state index < -0.39 is 41.6 Å². The molecular formula is C33H36N2O7. The van der Waals surface area contributed by atoms with Gasteiger partial charge in [0, 0.05) is 12.2 Å². The minimum atomic E-state index is -1.41. The van der Waals surface area contributed by atoms with E-state index in [1.54, 1.807) is 42.4 Å². The Kier molecular flexibility index (Phi) is 7.88. The zero-order chi connectivity index (χ0) is 29.3. The van der Waals surface area contributed by atoms with E-state index in [4.69, 9.17) is 14.2 Å². The number of aliphatic hydroxyl groups is 1. The average Bonchev–Trinajstić information content (AvgIpc) is 3.41. The third kappa shape index (κ3) is 4.80. The molecule has 9 heteroatoms. The Morgan fingerprint density at radius 3 is 2.55 bits per heavy atom. The van der Waals surface area contributed by atoms with Crippen molar-refractivity contribution < 1.29 is 33.7 Å². The van der Waals surface area contributed by atoms with Crippen molar-refractivity contribution in [2.75, 3.05) is 31.8 Å². The number of ether oxygens (including phenoxy) is 3. The van der Waals surface area contributed by atoms with Gasteiger partial charge in [-0.3, -0.25) is 14.4 Å². The number of esters is 1. The predicted octanol–water partition coefficient (Wildman–Crippen LogP) is 3.07. The van der Waals surface area contributed by atoms with E-state index >= 15 is 0 Å². The molecule has 2 aromatic carbocycles. The van der Waals surface area contributed by atoms with Gasteiger partial charge in [0.1, 0.15) is 23.3 Å². The smallest absolute Gasteiger partial charge is 0.312 e. The highest BCUT2D eigenvalue weighted by Crippen LogP contribution is 2.54. The summed E-state index contributed by atoms with van der Waals surface area (Å²) in [5, 5.41) is 10.7. The van der Waals surface area contributed by atoms with Crippen LogP contribution in [0, 0.1) is 11.8 Å². The number of anilines is 1. The van der Waals surface area contributed by atoms with Gasteiger partial charge in [0.25, 0.3) is 5.91 Å². The van der Waals surface area contributed by atoms with Crippen molar-refractivity contribution in [3.05, 3.63) is 84.5 Å². The van der Waals surface area contributed by atoms with Gasteiger partial charge in [0.2, 0.25) is 5.91 Å². The van der Waals surface area contributed by atoms with E-state index in [0.29, 0.717) is 17.9 Å². The Bertz CT molecular complexity index is 1370. The van der Waals surface area contributed by atoms with Gasteiger partial charge >= 0.3 is 5.97 Å². The molecular weight excluding hydrogens is 536 g/mol. The number of hydrogen-bond acceptors (Lipinski definition) is 7. The number of benzene rings is 2. The second-order valence-electron chi connectivity index (χ2n) is 11.3. The van der Waals surface area contributed by atoms with Gasteiger partial charge in [-0.25, -0.2) is 0 Å². The minimum Gasteiger partial charge on any atom is -0.497 e. The first-order chi connectivity index (χ1) is 20.5. The summed E-state index contributed by atoms with van der Waals surface area (Å²) in [4.78, 5) is 45.8. The van der Waals surface area contributed by atoms with Gasteiger partial charge in [0.15, 0.2) is 0 Å². The fraction of sp³-hybridized carbons (Fsp3) is 0.424. The van der Waals surface area contributed by atoms with Crippen molar-refractivity contribution in [2.45, 2.75) is 49.5 Å². The largest absolute Gasteiger partial charge is 0.497 e. The van der Waals surface area contributed by atoms with Crippen LogP contribution in [0.25, 0.3) is 0 Å². The summed E-state index contributed by atoms with van der Waals surface area (Å²) in [6.45, 7) is 0.155. The zero-order valence-electron chi connectivity index (χ0n) is 23.6. The first kappa shape index (κ1) is 28.2. The van der Waals surface area contributed by atoms with Crippen LogP contribution in [0.15, 0.2) is 78.9 Å². The minimum absolute atomic E-state index is 0.250. The number of hydrogen-bond donors (Lipinski definition) is 1. The molecule has 2 fully saturated rings. The summed E-state index contributed by atoms with van der Waals surface area (Å²) >= 11 is 0. The standard InChI is InChI=1S/C33H36N2O7/c1-40-25-15-13-23(14-16-25)34-18-9-17-33-28(27-26(42-33)12-7-2-3-8-19-41-32(27)39)30(37)35(29(33)31(34)38)24(21-36)20-22-10-5-4-6-11-22/h4-7,9-17,24,26-29,36H,2-3,8,18-21H2,1H3/b12-7-/t24-,26-,27+,28+,29?,33+/m1/s1. The summed E-state index contributed by atoms with van der Waals surface area (Å²) in [6, 6.07) is 14.9. The molecule has 2 saturated heterocycles. The zero-order valence-corrected chi connectivity index (χ0v) is 23.6. The number of aliphatic hydroxyl groups excluding tert-OH is 1. The number of carbonyl (C=O) groups excluding carboxylic acids is 3. The lowest BCUT2D eigenvalue weighted by Crippen LogP contribution is -2.58. The van der Waals surface area contributed by atoms with Gasteiger partial charge in [0.05, 0.1) is 38.4 Å². The number of rotatable bonds is 6. The number of carbonyl (C=O) groups is 3. The highest BCUT2D eigenvalue weighted by molar-refractivity contribution is 6.05. The molecule has 4 heterocycles. The van der Waals surface area contributed by atoms with Crippen molar-refractivity contribution >= 4 is 23.5 Å². The lowest BCUT2D eigenvalue weighted by atomic mass is 9.78. The first-order valence-electron chi connectivity index (χ1n) is 14.6. The maximum absolute atomic E-state index is 14.6. The Morgan fingerprint density at radius 2 is 1.81 bits per heavy atom. The molecule has 1 spiro atoms. The second kappa shape index (κ2) is 11.7. The Balaban J connectivity index is 1.46. The van der Waals surface area contributed by atoms with Crippen LogP contribution in [0.1, 0.15) is 24.8 Å². The summed E-state index contributed by atoms with van der Waals surface area (Å²) in [5.41, 5.74) is 0.142. The van der Waals surface area contributed by atoms with Crippen molar-refractivity contribution in [1.82, 2.24) is 4.90 Å². The molecule has 220 valence electrons. The molecule has 0 bridgehead atoms. The molecule has 0 aromatic heterocycles. The molecule has 4 aliphatic rings. The number of nitrogens with zero attached hydrogens (tertiary/aromatic N) is 2. The molecule has 0 aliphatic carbocycles. The van der Waals surface area contributed by atoms with Crippen molar-refractivity contribution in [2.24, 2.45) is 11.8 Å². The summed E-state index contributed by atoms with van der Waals surface area (Å²) < 4.78 is 17.7. The van der Waals surface area contributed by atoms with Crippen LogP contribution in [0.4, 0.5) is 5.69 Å². The number of amides is 2. The number of fused-ring (bicyclic) bond motifs is 2. The summed E-state index contributed by atoms with van der Waals surface area (Å²) in [7, 11) is 1.58. The van der Waals surface area contributed by atoms with Crippen molar-refractivity contribution in [3.63, 3.8) is 0 Å². The Morgan fingerprint density at radius 1 is 1.02 bits per heavy atom. The van der Waals surface area contributed by atoms with Gasteiger partial charge in [-0.15, -0.1) is 0 Å². The van der Waals surface area contributed by atoms with E-state index in [9.17, 15) is 19.5 Å². The number of likely N-dealkylation sites (tertiary alicyclic amines) is 1. The van der Waals surface area contributed by atoms with Crippen LogP contribution in [-0.2, 0) is 30.3 Å². The van der Waals surface area contributed by atoms with Crippen LogP contribution in [0.2, 0.25) is 0 Å². The molecule has 1 unspecified atom stereocenters. The molecule has 42 heavy (non-hydrogen) atoms. The second-order valence-corrected chi connectivity index (χ2v) is 11.3. The molecule has 0 saturated carbocycles. The Labute approximate surface area is 245 Å². The van der Waals surface area contributed by atoms with Gasteiger partial charge in [-0.2, -0.15) is 0 Å². The first-order valence-corrected chi connectivity index (χ1v) is 14.6. The van der Waals surface area contributed by atoms with E-state index in [-0.39, 0.29) is 31.6 Å². The third-order valence-electron chi connectivity index (χ3n) is 8.84. The molecule has 6 rings (SSSR count). The number of methoxy groups -OCH3 is 1. The highest BCUT2D eigenvalue weighted by Gasteiger charge is 2.72. The maximum Gasteiger partial charge on any atom is 0.312 e. The number of cyclic esters (lactones) is 1. The molecule has 0 radical (unpaired) electrons. The van der Waals surface area contributed by atoms with E-state index in [2.05, 4.69) is 0 Å². The van der Waals surface area contributed by atoms with Gasteiger partial charge in [-0.05, 0) is 55.5 Å². The van der Waals surface area contributed by atoms with Crippen LogP contribution < -0.4 is 9.64 Å². The van der Waals surface area contributed by atoms with Gasteiger partial charge in [-0.1, -0.05) is 54.6 Å². The van der Waals surface area contributed by atoms with E-state index in [0.717, 1.165) is 24.8 Å². The van der Waals surface area contributed by atoms with Crippen molar-refractivity contribution in [1.29, 1.82) is 0 Å². The lowest BCUT2D eigenvalue weighted by molar-refractivity contribution is -0.155. The van der Waals surface area contributed by atoms with E-state index in [1.807, 2.05) is 48.6 Å². The lowest BCUT2D eigenvalue weighted by Gasteiger charge is -2.38. The molecule has 2 amide bonds. The normalized spacial score (nSPS) is 30.6. The molecule has 4 aliphatic heterocycles. The molecule has 2 aromatic rings. The predicted molar refractivity (Wildman–Crippen MR) is 155 cm³/mol. The molecule has 1 N–H and O–H groups in total. The summed E-state index contributed by atoms with van der Waals surface area (Å²) in [6.07, 6.45) is 9.48. The Hall–Kier alpha value is -3.95. The summed E-state index contributed by atoms with van der Waals surface area (Å²) in [5.74, 6) is -2.47. The third-order valence-corrected chi connectivity index (χ3v) is 8.84. The molecule has 6 atom stereocenters. The molecule has 9 nitrogen and oxygen atoms in total. The van der Waals surface area contributed by atoms with Crippen molar-refractivity contribution in [3.8, 4) is 5.75 Å². The highest BCUT2D eigenvalue weighted by atomic mass is 16.6. The van der Waals surface area contributed by atoms with Gasteiger partial charge < -0.3 is 29.1 Å². The van der Waals surface area contributed by atoms with Crippen LogP contribution >= 0.6 is 0 Å². The number of allylic oxidation sites excluding steroid dienone is 1. The van der Waals surface area contributed by atoms with Crippen LogP contribution in [-0.4, -0.2) is 78.4 Å². The average molecular weight is 573 g/mol. The van der Waals surface area contributed by atoms with Crippen LogP contribution in [0.3, 0.4) is 0 Å². The quantitative estimate of drug-likeness (QED) is 0.419. The fourth-order valence-corrected chi connectivity index (χ4v) is 6.88. The van der Waals surface area contributed by atoms with Crippen LogP contribution in [0.5, 0.6) is 5.75 Å². The fourth-order valence-electron chi connectivity index (χ4n) is 6.88. The maximum atomic E-state index is 14.6.